The fourth-order valence-electron chi connectivity index (χ4n) is 1.31. The number of rotatable bonds is 2. The molecule has 0 atom stereocenters. The highest BCUT2D eigenvalue weighted by molar-refractivity contribution is 5.39. The molecule has 0 aromatic heterocycles. The number of hydrogen-bond acceptors (Lipinski definition) is 1. The summed E-state index contributed by atoms with van der Waals surface area (Å²) in [4.78, 5) is 0. The first kappa shape index (κ1) is 10.0. The topological polar surface area (TPSA) is 9.23 Å². The molecule has 0 N–H and O–H groups in total. The molecule has 0 heterocycles. The lowest BCUT2D eigenvalue weighted by Gasteiger charge is -2.12. The van der Waals surface area contributed by atoms with E-state index in [0.717, 1.165) is 5.56 Å². The molecule has 0 fully saturated rings. The molecule has 0 spiro atoms. The summed E-state index contributed by atoms with van der Waals surface area (Å²) in [5, 5.41) is 0. The number of halogens is 1. The summed E-state index contributed by atoms with van der Waals surface area (Å²) >= 11 is 0. The van der Waals surface area contributed by atoms with Crippen molar-refractivity contribution in [2.24, 2.45) is 0 Å². The van der Waals surface area contributed by atoms with Crippen LogP contribution in [-0.2, 0) is 0 Å². The number of hydrogen-bond donors (Lipinski definition) is 0. The van der Waals surface area contributed by atoms with Gasteiger partial charge in [-0.15, -0.1) is 0 Å². The minimum Gasteiger partial charge on any atom is -0.496 e. The van der Waals surface area contributed by atoms with Crippen molar-refractivity contribution in [2.75, 3.05) is 7.11 Å². The first-order valence-electron chi connectivity index (χ1n) is 4.40. The Morgan fingerprint density at radius 2 is 1.92 bits per heavy atom. The summed E-state index contributed by atoms with van der Waals surface area (Å²) in [7, 11) is 1.57. The minimum atomic E-state index is -0.207. The average Bonchev–Trinajstić information content (AvgIpc) is 2.08. The smallest absolute Gasteiger partial charge is 0.129 e. The summed E-state index contributed by atoms with van der Waals surface area (Å²) in [5.74, 6) is 0.786. The van der Waals surface area contributed by atoms with Crippen molar-refractivity contribution >= 4 is 0 Å². The first-order chi connectivity index (χ1) is 6.06. The van der Waals surface area contributed by atoms with E-state index in [1.807, 2.05) is 6.07 Å². The van der Waals surface area contributed by atoms with Crippen molar-refractivity contribution in [1.82, 2.24) is 0 Å². The van der Waals surface area contributed by atoms with Gasteiger partial charge in [-0.05, 0) is 30.0 Å². The fraction of sp³-hybridized carbons (Fsp3) is 0.455. The van der Waals surface area contributed by atoms with E-state index in [-0.39, 0.29) is 5.82 Å². The van der Waals surface area contributed by atoms with Crippen LogP contribution in [0.1, 0.15) is 30.9 Å². The molecule has 0 saturated heterocycles. The molecule has 0 aliphatic rings. The number of aryl methyl sites for hydroxylation is 1. The number of methoxy groups -OCH3 is 1. The van der Waals surface area contributed by atoms with E-state index in [2.05, 4.69) is 13.8 Å². The standard InChI is InChI=1S/C11H15FO/c1-7(2)9-5-8(3)10(12)6-11(9)13-4/h5-7H,1-4H3. The summed E-state index contributed by atoms with van der Waals surface area (Å²) in [6.07, 6.45) is 0. The second-order valence-corrected chi connectivity index (χ2v) is 3.50. The highest BCUT2D eigenvalue weighted by Gasteiger charge is 2.10. The van der Waals surface area contributed by atoms with E-state index >= 15 is 0 Å². The second kappa shape index (κ2) is 3.77. The quantitative estimate of drug-likeness (QED) is 0.682. The summed E-state index contributed by atoms with van der Waals surface area (Å²) in [6.45, 7) is 5.89. The zero-order valence-electron chi connectivity index (χ0n) is 8.52. The Hall–Kier alpha value is -1.05. The van der Waals surface area contributed by atoms with E-state index in [9.17, 15) is 4.39 Å². The molecule has 1 aromatic rings. The fourth-order valence-corrected chi connectivity index (χ4v) is 1.31. The maximum Gasteiger partial charge on any atom is 0.129 e. The highest BCUT2D eigenvalue weighted by atomic mass is 19.1. The van der Waals surface area contributed by atoms with Crippen LogP contribution in [0, 0.1) is 12.7 Å². The predicted octanol–water partition coefficient (Wildman–Crippen LogP) is 3.27. The Morgan fingerprint density at radius 3 is 2.38 bits per heavy atom. The van der Waals surface area contributed by atoms with Gasteiger partial charge < -0.3 is 4.74 Å². The largest absolute Gasteiger partial charge is 0.496 e. The molecule has 1 aromatic carbocycles. The van der Waals surface area contributed by atoms with E-state index in [0.29, 0.717) is 17.2 Å². The average molecular weight is 182 g/mol. The zero-order valence-corrected chi connectivity index (χ0v) is 8.52. The van der Waals surface area contributed by atoms with Crippen LogP contribution in [-0.4, -0.2) is 7.11 Å². The lowest BCUT2D eigenvalue weighted by Crippen LogP contribution is -1.97. The molecule has 0 saturated carbocycles. The van der Waals surface area contributed by atoms with Crippen LogP contribution in [0.5, 0.6) is 5.75 Å². The molecule has 0 amide bonds. The molecule has 0 radical (unpaired) electrons. The van der Waals surface area contributed by atoms with E-state index in [1.165, 1.54) is 6.07 Å². The Kier molecular flexibility index (Phi) is 2.91. The van der Waals surface area contributed by atoms with Gasteiger partial charge in [-0.1, -0.05) is 13.8 Å². The van der Waals surface area contributed by atoms with Gasteiger partial charge in [0.15, 0.2) is 0 Å². The Morgan fingerprint density at radius 1 is 1.31 bits per heavy atom. The summed E-state index contributed by atoms with van der Waals surface area (Å²) in [5.41, 5.74) is 1.73. The molecule has 1 rings (SSSR count). The van der Waals surface area contributed by atoms with Gasteiger partial charge in [0.1, 0.15) is 11.6 Å². The number of benzene rings is 1. The van der Waals surface area contributed by atoms with Crippen molar-refractivity contribution in [1.29, 1.82) is 0 Å². The SMILES string of the molecule is COc1cc(F)c(C)cc1C(C)C. The summed E-state index contributed by atoms with van der Waals surface area (Å²) in [6, 6.07) is 3.30. The van der Waals surface area contributed by atoms with Crippen LogP contribution in [0.15, 0.2) is 12.1 Å². The molecular weight excluding hydrogens is 167 g/mol. The van der Waals surface area contributed by atoms with Gasteiger partial charge in [0, 0.05) is 6.07 Å². The molecule has 13 heavy (non-hydrogen) atoms. The van der Waals surface area contributed by atoms with E-state index in [1.54, 1.807) is 14.0 Å². The molecular formula is C11H15FO. The minimum absolute atomic E-state index is 0.207. The van der Waals surface area contributed by atoms with Crippen molar-refractivity contribution in [3.8, 4) is 5.75 Å². The lowest BCUT2D eigenvalue weighted by molar-refractivity contribution is 0.403. The molecule has 0 aliphatic carbocycles. The first-order valence-corrected chi connectivity index (χ1v) is 4.40. The van der Waals surface area contributed by atoms with Gasteiger partial charge in [-0.3, -0.25) is 0 Å². The van der Waals surface area contributed by atoms with Crippen LogP contribution >= 0.6 is 0 Å². The van der Waals surface area contributed by atoms with Crippen LogP contribution in [0.4, 0.5) is 4.39 Å². The molecule has 2 heteroatoms. The van der Waals surface area contributed by atoms with Gasteiger partial charge >= 0.3 is 0 Å². The Bertz CT molecular complexity index is 305. The Labute approximate surface area is 78.5 Å². The lowest BCUT2D eigenvalue weighted by atomic mass is 10.00. The summed E-state index contributed by atoms with van der Waals surface area (Å²) < 4.78 is 18.2. The monoisotopic (exact) mass is 182 g/mol. The molecule has 0 unspecified atom stereocenters. The second-order valence-electron chi connectivity index (χ2n) is 3.50. The van der Waals surface area contributed by atoms with Gasteiger partial charge in [-0.25, -0.2) is 4.39 Å². The van der Waals surface area contributed by atoms with Crippen molar-refractivity contribution in [3.05, 3.63) is 29.1 Å². The molecule has 0 bridgehead atoms. The van der Waals surface area contributed by atoms with Crippen molar-refractivity contribution < 1.29 is 9.13 Å². The molecule has 0 aliphatic heterocycles. The predicted molar refractivity (Wildman–Crippen MR) is 51.8 cm³/mol. The van der Waals surface area contributed by atoms with E-state index in [4.69, 9.17) is 4.74 Å². The van der Waals surface area contributed by atoms with Crippen molar-refractivity contribution in [3.63, 3.8) is 0 Å². The van der Waals surface area contributed by atoms with Crippen molar-refractivity contribution in [2.45, 2.75) is 26.7 Å². The van der Waals surface area contributed by atoms with Crippen LogP contribution in [0.25, 0.3) is 0 Å². The van der Waals surface area contributed by atoms with Crippen LogP contribution < -0.4 is 4.74 Å². The Balaban J connectivity index is 3.25. The third kappa shape index (κ3) is 2.00. The third-order valence-electron chi connectivity index (χ3n) is 2.13. The van der Waals surface area contributed by atoms with Gasteiger partial charge in [-0.2, -0.15) is 0 Å². The molecule has 72 valence electrons. The normalized spacial score (nSPS) is 10.6. The van der Waals surface area contributed by atoms with Gasteiger partial charge in [0.2, 0.25) is 0 Å². The maximum absolute atomic E-state index is 13.1. The maximum atomic E-state index is 13.1. The molecule has 1 nitrogen and oxygen atoms in total. The third-order valence-corrected chi connectivity index (χ3v) is 2.13. The highest BCUT2D eigenvalue weighted by Crippen LogP contribution is 2.28. The zero-order chi connectivity index (χ0) is 10.0. The van der Waals surface area contributed by atoms with Gasteiger partial charge in [0.25, 0.3) is 0 Å². The van der Waals surface area contributed by atoms with Gasteiger partial charge in [0.05, 0.1) is 7.11 Å². The van der Waals surface area contributed by atoms with Crippen LogP contribution in [0.2, 0.25) is 0 Å². The van der Waals surface area contributed by atoms with Crippen LogP contribution in [0.3, 0.4) is 0 Å². The van der Waals surface area contributed by atoms with E-state index < -0.39 is 0 Å². The number of ether oxygens (including phenoxy) is 1.